The highest BCUT2D eigenvalue weighted by Crippen LogP contribution is 2.23. The summed E-state index contributed by atoms with van der Waals surface area (Å²) in [6.45, 7) is 3.50. The Balaban J connectivity index is 1.39. The molecule has 1 aliphatic rings. The number of carbonyl (C=O) groups excluding carboxylic acids is 1. The third-order valence-electron chi connectivity index (χ3n) is 5.02. The minimum atomic E-state index is -3.57. The van der Waals surface area contributed by atoms with Crippen molar-refractivity contribution in [2.45, 2.75) is 11.4 Å². The van der Waals surface area contributed by atoms with E-state index in [-0.39, 0.29) is 10.8 Å². The summed E-state index contributed by atoms with van der Waals surface area (Å²) in [6, 6.07) is 14.3. The number of nitrogens with zero attached hydrogens (tertiary/aromatic N) is 3. The number of hydrogen-bond donors (Lipinski definition) is 1. The van der Waals surface area contributed by atoms with E-state index in [0.717, 1.165) is 30.2 Å². The fourth-order valence-electron chi connectivity index (χ4n) is 3.38. The predicted octanol–water partition coefficient (Wildman–Crippen LogP) is 2.16. The second-order valence-corrected chi connectivity index (χ2v) is 9.88. The average Bonchev–Trinajstić information content (AvgIpc) is 3.16. The first kappa shape index (κ1) is 20.0. The normalized spacial score (nSPS) is 15.7. The van der Waals surface area contributed by atoms with E-state index in [4.69, 9.17) is 0 Å². The highest BCUT2D eigenvalue weighted by molar-refractivity contribution is 7.89. The van der Waals surface area contributed by atoms with E-state index in [0.29, 0.717) is 18.7 Å². The van der Waals surface area contributed by atoms with Crippen LogP contribution in [0.2, 0.25) is 0 Å². The van der Waals surface area contributed by atoms with Gasteiger partial charge >= 0.3 is 0 Å². The van der Waals surface area contributed by atoms with Crippen molar-refractivity contribution in [1.29, 1.82) is 0 Å². The Hall–Kier alpha value is -2.33. The van der Waals surface area contributed by atoms with Crippen molar-refractivity contribution >= 4 is 37.5 Å². The first-order valence-electron chi connectivity index (χ1n) is 9.36. The van der Waals surface area contributed by atoms with E-state index in [1.54, 1.807) is 28.4 Å². The van der Waals surface area contributed by atoms with E-state index in [9.17, 15) is 13.2 Å². The average molecular weight is 431 g/mol. The number of amides is 1. The largest absolute Gasteiger partial charge is 0.336 e. The Morgan fingerprint density at radius 1 is 1.10 bits per heavy atom. The van der Waals surface area contributed by atoms with Crippen LogP contribution in [0.25, 0.3) is 10.2 Å². The Morgan fingerprint density at radius 2 is 1.86 bits per heavy atom. The number of sulfonamides is 1. The van der Waals surface area contributed by atoms with E-state index >= 15 is 0 Å². The van der Waals surface area contributed by atoms with Crippen molar-refractivity contribution in [2.24, 2.45) is 0 Å². The summed E-state index contributed by atoms with van der Waals surface area (Å²) >= 11 is 1.70. The Bertz CT molecular complexity index is 1100. The maximum absolute atomic E-state index is 12.8. The zero-order valence-electron chi connectivity index (χ0n) is 16.0. The lowest BCUT2D eigenvalue weighted by molar-refractivity contribution is 0.0628. The molecule has 2 heterocycles. The second kappa shape index (κ2) is 8.19. The molecule has 152 valence electrons. The molecule has 1 fully saturated rings. The number of piperazine rings is 1. The highest BCUT2D eigenvalue weighted by atomic mass is 32.2. The molecule has 0 radical (unpaired) electrons. The van der Waals surface area contributed by atoms with Crippen molar-refractivity contribution in [3.05, 3.63) is 59.1 Å². The first-order valence-corrected chi connectivity index (χ1v) is 11.7. The van der Waals surface area contributed by atoms with Crippen LogP contribution in [-0.4, -0.2) is 62.3 Å². The van der Waals surface area contributed by atoms with Gasteiger partial charge in [0.2, 0.25) is 10.0 Å². The maximum Gasteiger partial charge on any atom is 0.253 e. The van der Waals surface area contributed by atoms with Crippen molar-refractivity contribution in [1.82, 2.24) is 19.5 Å². The lowest BCUT2D eigenvalue weighted by Gasteiger charge is -2.34. The molecule has 0 bridgehead atoms. The molecule has 2 aromatic carbocycles. The Morgan fingerprint density at radius 3 is 2.59 bits per heavy atom. The molecule has 1 aliphatic heterocycles. The zero-order chi connectivity index (χ0) is 20.4. The zero-order valence-corrected chi connectivity index (χ0v) is 17.7. The van der Waals surface area contributed by atoms with E-state index in [1.807, 2.05) is 18.2 Å². The van der Waals surface area contributed by atoms with Crippen LogP contribution in [0, 0.1) is 0 Å². The number of aromatic nitrogens is 1. The number of rotatable bonds is 5. The molecule has 4 rings (SSSR count). The van der Waals surface area contributed by atoms with Crippen LogP contribution in [0.3, 0.4) is 0 Å². The number of carbonyl (C=O) groups is 1. The molecule has 0 saturated carbocycles. The maximum atomic E-state index is 12.8. The van der Waals surface area contributed by atoms with Crippen LogP contribution < -0.4 is 4.72 Å². The van der Waals surface area contributed by atoms with Crippen LogP contribution in [0.1, 0.15) is 15.4 Å². The first-order chi connectivity index (χ1) is 14.0. The van der Waals surface area contributed by atoms with Crippen molar-refractivity contribution in [2.75, 3.05) is 33.2 Å². The second-order valence-electron chi connectivity index (χ2n) is 6.88. The number of para-hydroxylation sites is 1. The SMILES string of the molecule is CNS(=O)(=O)c1cccc(C(=O)N2CCN(Cc3nc4ccccc4s3)CC2)c1. The van der Waals surface area contributed by atoms with Gasteiger partial charge in [0.1, 0.15) is 5.01 Å². The minimum absolute atomic E-state index is 0.0975. The molecular formula is C20H22N4O3S2. The molecular weight excluding hydrogens is 408 g/mol. The van der Waals surface area contributed by atoms with E-state index < -0.39 is 10.0 Å². The summed E-state index contributed by atoms with van der Waals surface area (Å²) in [5.74, 6) is -0.141. The van der Waals surface area contributed by atoms with Gasteiger partial charge in [0.25, 0.3) is 5.91 Å². The molecule has 1 aromatic heterocycles. The van der Waals surface area contributed by atoms with Gasteiger partial charge in [-0.3, -0.25) is 9.69 Å². The molecule has 0 aliphatic carbocycles. The summed E-state index contributed by atoms with van der Waals surface area (Å²) in [5.41, 5.74) is 1.42. The van der Waals surface area contributed by atoms with Gasteiger partial charge in [-0.15, -0.1) is 11.3 Å². The molecule has 0 spiro atoms. The van der Waals surface area contributed by atoms with Crippen LogP contribution in [-0.2, 0) is 16.6 Å². The van der Waals surface area contributed by atoms with Gasteiger partial charge in [-0.2, -0.15) is 0 Å². The van der Waals surface area contributed by atoms with Crippen LogP contribution in [0.15, 0.2) is 53.4 Å². The topological polar surface area (TPSA) is 82.6 Å². The molecule has 1 saturated heterocycles. The van der Waals surface area contributed by atoms with Gasteiger partial charge in [-0.05, 0) is 37.4 Å². The number of benzene rings is 2. The standard InChI is InChI=1S/C20H22N4O3S2/c1-21-29(26,27)16-6-4-5-15(13-16)20(25)24-11-9-23(10-12-24)14-19-22-17-7-2-3-8-18(17)28-19/h2-8,13,21H,9-12,14H2,1H3. The molecule has 9 heteroatoms. The fourth-order valence-corrected chi connectivity index (χ4v) is 5.17. The Kier molecular flexibility index (Phi) is 5.64. The quantitative estimate of drug-likeness (QED) is 0.671. The molecule has 0 atom stereocenters. The van der Waals surface area contributed by atoms with Gasteiger partial charge in [-0.1, -0.05) is 18.2 Å². The minimum Gasteiger partial charge on any atom is -0.336 e. The van der Waals surface area contributed by atoms with Gasteiger partial charge < -0.3 is 4.90 Å². The van der Waals surface area contributed by atoms with Crippen LogP contribution in [0.4, 0.5) is 0 Å². The van der Waals surface area contributed by atoms with Gasteiger partial charge in [0.15, 0.2) is 0 Å². The molecule has 1 amide bonds. The number of fused-ring (bicyclic) bond motifs is 1. The van der Waals surface area contributed by atoms with Crippen molar-refractivity contribution < 1.29 is 13.2 Å². The molecule has 3 aromatic rings. The van der Waals surface area contributed by atoms with E-state index in [1.165, 1.54) is 23.9 Å². The summed E-state index contributed by atoms with van der Waals surface area (Å²) in [6.07, 6.45) is 0. The number of thiazole rings is 1. The number of nitrogens with one attached hydrogen (secondary N) is 1. The third-order valence-corrected chi connectivity index (χ3v) is 7.45. The molecule has 7 nitrogen and oxygen atoms in total. The van der Waals surface area contributed by atoms with Crippen LogP contribution in [0.5, 0.6) is 0 Å². The fraction of sp³-hybridized carbons (Fsp3) is 0.300. The van der Waals surface area contributed by atoms with Crippen molar-refractivity contribution in [3.8, 4) is 0 Å². The summed E-state index contributed by atoms with van der Waals surface area (Å²) in [5, 5.41) is 1.08. The summed E-state index contributed by atoms with van der Waals surface area (Å²) in [7, 11) is -2.22. The smallest absolute Gasteiger partial charge is 0.253 e. The lowest BCUT2D eigenvalue weighted by atomic mass is 10.2. The Labute approximate surface area is 174 Å². The summed E-state index contributed by atoms with van der Waals surface area (Å²) < 4.78 is 27.4. The van der Waals surface area contributed by atoms with Crippen molar-refractivity contribution in [3.63, 3.8) is 0 Å². The monoisotopic (exact) mass is 430 g/mol. The third kappa shape index (κ3) is 4.32. The number of hydrogen-bond acceptors (Lipinski definition) is 6. The van der Waals surface area contributed by atoms with Crippen LogP contribution >= 0.6 is 11.3 Å². The predicted molar refractivity (Wildman–Crippen MR) is 113 cm³/mol. The van der Waals surface area contributed by atoms with Gasteiger partial charge in [-0.25, -0.2) is 18.1 Å². The lowest BCUT2D eigenvalue weighted by Crippen LogP contribution is -2.48. The van der Waals surface area contributed by atoms with Gasteiger partial charge in [0.05, 0.1) is 21.7 Å². The van der Waals surface area contributed by atoms with Gasteiger partial charge in [0, 0.05) is 31.7 Å². The highest BCUT2D eigenvalue weighted by Gasteiger charge is 2.24. The summed E-state index contributed by atoms with van der Waals surface area (Å²) in [4.78, 5) is 21.7. The van der Waals surface area contributed by atoms with E-state index in [2.05, 4.69) is 20.7 Å². The molecule has 0 unspecified atom stereocenters. The molecule has 29 heavy (non-hydrogen) atoms. The molecule has 1 N–H and O–H groups in total.